The highest BCUT2D eigenvalue weighted by Crippen LogP contribution is 2.31. The molecular weight excluding hydrogens is 414 g/mol. The minimum atomic E-state index is -4.54. The van der Waals surface area contributed by atoms with Crippen molar-refractivity contribution >= 4 is 0 Å². The molecule has 0 saturated carbocycles. The first-order valence-corrected chi connectivity index (χ1v) is 8.49. The topological polar surface area (TPSA) is 44.1 Å². The third kappa shape index (κ3) is 4.47. The summed E-state index contributed by atoms with van der Waals surface area (Å²) in [6, 6.07) is 8.25. The van der Waals surface area contributed by atoms with Crippen molar-refractivity contribution < 1.29 is 31.1 Å². The molecule has 0 saturated heterocycles. The van der Waals surface area contributed by atoms with Crippen molar-refractivity contribution in [2.75, 3.05) is 7.11 Å². The molecule has 3 aromatic rings. The van der Waals surface area contributed by atoms with Crippen LogP contribution in [0.15, 0.2) is 59.5 Å². The minimum absolute atomic E-state index is 0.0201. The first-order chi connectivity index (χ1) is 14.0. The van der Waals surface area contributed by atoms with E-state index in [2.05, 4.69) is 5.10 Å². The molecule has 0 atom stereocenters. The highest BCUT2D eigenvalue weighted by molar-refractivity contribution is 5.40. The van der Waals surface area contributed by atoms with Crippen molar-refractivity contribution in [3.8, 4) is 11.4 Å². The van der Waals surface area contributed by atoms with E-state index >= 15 is 0 Å². The monoisotopic (exact) mass is 428 g/mol. The maximum Gasteiger partial charge on any atom is 0.416 e. The van der Waals surface area contributed by atoms with Gasteiger partial charge in [-0.05, 0) is 35.9 Å². The molecule has 2 aromatic carbocycles. The van der Waals surface area contributed by atoms with Gasteiger partial charge in [-0.15, -0.1) is 0 Å². The maximum atomic E-state index is 13.0. The maximum absolute atomic E-state index is 13.0. The molecule has 30 heavy (non-hydrogen) atoms. The number of benzene rings is 2. The van der Waals surface area contributed by atoms with Crippen LogP contribution in [0.4, 0.5) is 26.3 Å². The largest absolute Gasteiger partial charge is 0.495 e. The summed E-state index contributed by atoms with van der Waals surface area (Å²) in [4.78, 5) is 12.9. The van der Waals surface area contributed by atoms with Crippen molar-refractivity contribution in [3.05, 3.63) is 87.3 Å². The second-order valence-electron chi connectivity index (χ2n) is 6.33. The van der Waals surface area contributed by atoms with Crippen molar-refractivity contribution in [1.29, 1.82) is 0 Å². The molecule has 158 valence electrons. The van der Waals surface area contributed by atoms with Crippen LogP contribution in [-0.4, -0.2) is 16.9 Å². The van der Waals surface area contributed by atoms with Gasteiger partial charge in [0.25, 0.3) is 5.56 Å². The van der Waals surface area contributed by atoms with Crippen LogP contribution in [0.3, 0.4) is 0 Å². The van der Waals surface area contributed by atoms with Crippen LogP contribution in [0.1, 0.15) is 22.3 Å². The van der Waals surface area contributed by atoms with E-state index in [9.17, 15) is 31.1 Å². The summed E-state index contributed by atoms with van der Waals surface area (Å²) >= 11 is 0. The molecular formula is C20H14F6N2O2. The number of halogens is 6. The Morgan fingerprint density at radius 3 is 2.13 bits per heavy atom. The molecule has 1 heterocycles. The van der Waals surface area contributed by atoms with E-state index in [1.807, 2.05) is 0 Å². The molecule has 0 bridgehead atoms. The molecule has 0 aliphatic rings. The van der Waals surface area contributed by atoms with Gasteiger partial charge >= 0.3 is 12.4 Å². The zero-order valence-electron chi connectivity index (χ0n) is 15.4. The predicted octanol–water partition coefficient (Wildman–Crippen LogP) is 4.87. The van der Waals surface area contributed by atoms with Gasteiger partial charge in [0.1, 0.15) is 5.75 Å². The number of hydrogen-bond acceptors (Lipinski definition) is 3. The van der Waals surface area contributed by atoms with Crippen molar-refractivity contribution in [2.24, 2.45) is 0 Å². The summed E-state index contributed by atoms with van der Waals surface area (Å²) in [7, 11) is 1.27. The zero-order chi connectivity index (χ0) is 22.1. The average Bonchev–Trinajstić information content (AvgIpc) is 2.68. The van der Waals surface area contributed by atoms with E-state index in [4.69, 9.17) is 4.74 Å². The summed E-state index contributed by atoms with van der Waals surface area (Å²) in [6.07, 6.45) is -8.08. The van der Waals surface area contributed by atoms with Crippen LogP contribution in [-0.2, 0) is 18.8 Å². The summed E-state index contributed by atoms with van der Waals surface area (Å²) < 4.78 is 83.1. The molecule has 10 heteroatoms. The van der Waals surface area contributed by atoms with Gasteiger partial charge in [0.2, 0.25) is 0 Å². The number of rotatable bonds is 4. The van der Waals surface area contributed by atoms with Crippen LogP contribution >= 0.6 is 0 Å². The highest BCUT2D eigenvalue weighted by atomic mass is 19.4. The summed E-state index contributed by atoms with van der Waals surface area (Å²) in [5.74, 6) is 0.0561. The average molecular weight is 428 g/mol. The lowest BCUT2D eigenvalue weighted by Gasteiger charge is -2.13. The van der Waals surface area contributed by atoms with Crippen LogP contribution in [0.5, 0.6) is 5.75 Å². The van der Waals surface area contributed by atoms with Gasteiger partial charge in [-0.2, -0.15) is 36.1 Å². The Morgan fingerprint density at radius 2 is 1.57 bits per heavy atom. The van der Waals surface area contributed by atoms with Gasteiger partial charge in [-0.25, -0.2) is 0 Å². The summed E-state index contributed by atoms with van der Waals surface area (Å²) in [6.45, 7) is 0. The van der Waals surface area contributed by atoms with Crippen molar-refractivity contribution in [2.45, 2.75) is 18.8 Å². The minimum Gasteiger partial charge on any atom is -0.495 e. The number of aromatic nitrogens is 2. The lowest BCUT2D eigenvalue weighted by Crippen LogP contribution is -2.25. The van der Waals surface area contributed by atoms with E-state index in [1.54, 1.807) is 0 Å². The van der Waals surface area contributed by atoms with Crippen molar-refractivity contribution in [3.63, 3.8) is 0 Å². The SMILES string of the molecule is COc1cnn(-c2ccc(C(F)(F)F)cc2)c(=O)c1Cc1cccc(C(F)(F)F)c1. The lowest BCUT2D eigenvalue weighted by molar-refractivity contribution is -0.138. The fraction of sp³-hybridized carbons (Fsp3) is 0.200. The molecule has 0 fully saturated rings. The first-order valence-electron chi connectivity index (χ1n) is 8.49. The zero-order valence-corrected chi connectivity index (χ0v) is 15.4. The first kappa shape index (κ1) is 21.4. The van der Waals surface area contributed by atoms with Gasteiger partial charge in [0.15, 0.2) is 0 Å². The van der Waals surface area contributed by atoms with Crippen LogP contribution < -0.4 is 10.3 Å². The third-order valence-electron chi connectivity index (χ3n) is 4.33. The Morgan fingerprint density at radius 1 is 0.933 bits per heavy atom. The normalized spacial score (nSPS) is 12.1. The Hall–Kier alpha value is -3.30. The van der Waals surface area contributed by atoms with Gasteiger partial charge in [0.05, 0.1) is 35.7 Å². The number of ether oxygens (including phenoxy) is 1. The highest BCUT2D eigenvalue weighted by Gasteiger charge is 2.31. The molecule has 3 rings (SSSR count). The van der Waals surface area contributed by atoms with Crippen LogP contribution in [0.25, 0.3) is 5.69 Å². The quantitative estimate of drug-likeness (QED) is 0.557. The Kier molecular flexibility index (Phi) is 5.60. The fourth-order valence-electron chi connectivity index (χ4n) is 2.85. The van der Waals surface area contributed by atoms with Crippen LogP contribution in [0.2, 0.25) is 0 Å². The smallest absolute Gasteiger partial charge is 0.416 e. The van der Waals surface area contributed by atoms with Crippen LogP contribution in [0, 0.1) is 0 Å². The molecule has 0 radical (unpaired) electrons. The predicted molar refractivity (Wildman–Crippen MR) is 95.6 cm³/mol. The van der Waals surface area contributed by atoms with E-state index in [0.717, 1.165) is 41.1 Å². The molecule has 0 unspecified atom stereocenters. The fourth-order valence-corrected chi connectivity index (χ4v) is 2.85. The van der Waals surface area contributed by atoms with E-state index < -0.39 is 29.0 Å². The Balaban J connectivity index is 2.03. The number of methoxy groups -OCH3 is 1. The van der Waals surface area contributed by atoms with Gasteiger partial charge < -0.3 is 4.74 Å². The molecule has 1 aromatic heterocycles. The molecule has 0 spiro atoms. The van der Waals surface area contributed by atoms with E-state index in [0.29, 0.717) is 0 Å². The van der Waals surface area contributed by atoms with Gasteiger partial charge in [-0.3, -0.25) is 4.79 Å². The molecule has 0 aliphatic carbocycles. The van der Waals surface area contributed by atoms with E-state index in [1.165, 1.54) is 25.4 Å². The number of hydrogen-bond donors (Lipinski definition) is 0. The van der Waals surface area contributed by atoms with Crippen molar-refractivity contribution in [1.82, 2.24) is 9.78 Å². The lowest BCUT2D eigenvalue weighted by atomic mass is 10.0. The molecule has 4 nitrogen and oxygen atoms in total. The summed E-state index contributed by atoms with van der Waals surface area (Å²) in [5.41, 5.74) is -2.17. The van der Waals surface area contributed by atoms with E-state index in [-0.39, 0.29) is 29.0 Å². The Labute approximate surface area is 166 Å². The molecule has 0 N–H and O–H groups in total. The number of nitrogens with zero attached hydrogens (tertiary/aromatic N) is 2. The van der Waals surface area contributed by atoms with Gasteiger partial charge in [-0.1, -0.05) is 18.2 Å². The second kappa shape index (κ2) is 7.85. The number of alkyl halides is 6. The standard InChI is InChI=1S/C20H14F6N2O2/c1-30-17-11-27-28(15-7-5-13(6-8-15)19(21,22)23)18(29)16(17)10-12-3-2-4-14(9-12)20(24,25)26/h2-9,11H,10H2,1H3. The third-order valence-corrected chi connectivity index (χ3v) is 4.33. The molecule has 0 aliphatic heterocycles. The van der Waals surface area contributed by atoms with Gasteiger partial charge in [0, 0.05) is 6.42 Å². The molecule has 0 amide bonds. The second-order valence-corrected chi connectivity index (χ2v) is 6.33. The Bertz CT molecular complexity index is 1100. The summed E-state index contributed by atoms with van der Waals surface area (Å²) in [5, 5.41) is 3.89.